The topological polar surface area (TPSA) is 80.2 Å². The summed E-state index contributed by atoms with van der Waals surface area (Å²) in [6, 6.07) is 18.8. The van der Waals surface area contributed by atoms with Gasteiger partial charge >= 0.3 is 0 Å². The van der Waals surface area contributed by atoms with Gasteiger partial charge in [0.05, 0.1) is 19.0 Å². The van der Waals surface area contributed by atoms with Crippen LogP contribution in [-0.2, 0) is 9.59 Å². The zero-order valence-corrected chi connectivity index (χ0v) is 15.8. The van der Waals surface area contributed by atoms with E-state index >= 15 is 0 Å². The summed E-state index contributed by atoms with van der Waals surface area (Å²) in [5.74, 6) is 0.534. The number of para-hydroxylation sites is 2. The molecule has 0 saturated heterocycles. The van der Waals surface area contributed by atoms with Crippen molar-refractivity contribution in [3.63, 3.8) is 0 Å². The Hall–Kier alpha value is -3.87. The van der Waals surface area contributed by atoms with E-state index in [2.05, 4.69) is 10.5 Å². The van der Waals surface area contributed by atoms with Crippen LogP contribution in [0.4, 0.5) is 5.69 Å². The minimum Gasteiger partial charge on any atom is -0.496 e. The smallest absolute Gasteiger partial charge is 0.265 e. The molecule has 29 heavy (non-hydrogen) atoms. The van der Waals surface area contributed by atoms with Gasteiger partial charge in [0.15, 0.2) is 6.61 Å². The highest BCUT2D eigenvalue weighted by Gasteiger charge is 2.26. The molecule has 0 spiro atoms. The van der Waals surface area contributed by atoms with E-state index in [1.807, 2.05) is 42.5 Å². The third kappa shape index (κ3) is 3.75. The second-order valence-corrected chi connectivity index (χ2v) is 6.43. The molecule has 1 N–H and O–H groups in total. The number of hydrazone groups is 1. The summed E-state index contributed by atoms with van der Waals surface area (Å²) in [5, 5.41) is 6.07. The monoisotopic (exact) mass is 389 g/mol. The summed E-state index contributed by atoms with van der Waals surface area (Å²) in [6.45, 7) is -0.246. The number of anilines is 1. The molecular weight excluding hydrogens is 370 g/mol. The first-order valence-corrected chi connectivity index (χ1v) is 9.07. The molecule has 0 unspecified atom stereocenters. The zero-order valence-electron chi connectivity index (χ0n) is 15.8. The Kier molecular flexibility index (Phi) is 5.11. The Balaban J connectivity index is 1.50. The molecule has 1 aliphatic rings. The molecule has 146 valence electrons. The number of ether oxygens (including phenoxy) is 2. The second kappa shape index (κ2) is 8.02. The van der Waals surface area contributed by atoms with E-state index < -0.39 is 5.91 Å². The van der Waals surface area contributed by atoms with Crippen LogP contribution in [0.5, 0.6) is 11.5 Å². The number of fused-ring (bicyclic) bond motifs is 2. The van der Waals surface area contributed by atoms with Gasteiger partial charge in [-0.25, -0.2) is 5.43 Å². The van der Waals surface area contributed by atoms with Crippen LogP contribution in [0.3, 0.4) is 0 Å². The van der Waals surface area contributed by atoms with Crippen molar-refractivity contribution in [2.75, 3.05) is 25.2 Å². The molecule has 0 bridgehead atoms. The Morgan fingerprint density at radius 2 is 1.97 bits per heavy atom. The predicted molar refractivity (Wildman–Crippen MR) is 111 cm³/mol. The standard InChI is InChI=1S/C22H19N3O4/c1-28-19-11-10-15-6-2-3-7-16(15)17(19)12-23-24-21(26)13-25-18-8-4-5-9-20(18)29-14-22(25)27/h2-12H,13-14H2,1H3,(H,24,26)/b23-12-. The summed E-state index contributed by atoms with van der Waals surface area (Å²) in [5.41, 5.74) is 3.82. The van der Waals surface area contributed by atoms with Crippen LogP contribution >= 0.6 is 0 Å². The second-order valence-electron chi connectivity index (χ2n) is 6.43. The third-order valence-electron chi connectivity index (χ3n) is 4.64. The fourth-order valence-electron chi connectivity index (χ4n) is 3.26. The highest BCUT2D eigenvalue weighted by atomic mass is 16.5. The van der Waals surface area contributed by atoms with E-state index in [0.717, 1.165) is 16.3 Å². The van der Waals surface area contributed by atoms with Crippen molar-refractivity contribution in [3.05, 3.63) is 66.2 Å². The number of hydrogen-bond donors (Lipinski definition) is 1. The van der Waals surface area contributed by atoms with E-state index in [0.29, 0.717) is 17.2 Å². The number of rotatable bonds is 5. The van der Waals surface area contributed by atoms with Gasteiger partial charge in [0, 0.05) is 5.56 Å². The van der Waals surface area contributed by atoms with Crippen LogP contribution in [0, 0.1) is 0 Å². The maximum Gasteiger partial charge on any atom is 0.265 e. The van der Waals surface area contributed by atoms with Gasteiger partial charge in [-0.1, -0.05) is 42.5 Å². The first kappa shape index (κ1) is 18.5. The maximum absolute atomic E-state index is 12.4. The lowest BCUT2D eigenvalue weighted by molar-refractivity contribution is -0.125. The van der Waals surface area contributed by atoms with Crippen LogP contribution < -0.4 is 19.8 Å². The maximum atomic E-state index is 12.4. The van der Waals surface area contributed by atoms with Crippen LogP contribution in [0.1, 0.15) is 5.56 Å². The van der Waals surface area contributed by atoms with Crippen molar-refractivity contribution in [1.82, 2.24) is 5.43 Å². The first-order chi connectivity index (χ1) is 14.2. The predicted octanol–water partition coefficient (Wildman–Crippen LogP) is 2.72. The molecule has 2 amide bonds. The van der Waals surface area contributed by atoms with Crippen LogP contribution in [0.2, 0.25) is 0 Å². The van der Waals surface area contributed by atoms with Gasteiger partial charge in [-0.3, -0.25) is 14.5 Å². The Morgan fingerprint density at radius 1 is 1.17 bits per heavy atom. The minimum atomic E-state index is -0.412. The van der Waals surface area contributed by atoms with Crippen LogP contribution in [0.15, 0.2) is 65.8 Å². The molecule has 3 aromatic rings. The fraction of sp³-hybridized carbons (Fsp3) is 0.136. The number of benzene rings is 3. The highest BCUT2D eigenvalue weighted by Crippen LogP contribution is 2.31. The molecular formula is C22H19N3O4. The molecule has 3 aromatic carbocycles. The average Bonchev–Trinajstić information content (AvgIpc) is 2.76. The number of methoxy groups -OCH3 is 1. The van der Waals surface area contributed by atoms with Gasteiger partial charge in [0.25, 0.3) is 11.8 Å². The number of carbonyl (C=O) groups excluding carboxylic acids is 2. The summed E-state index contributed by atoms with van der Waals surface area (Å²) in [4.78, 5) is 26.0. The molecule has 7 nitrogen and oxygen atoms in total. The van der Waals surface area contributed by atoms with Gasteiger partial charge in [0.1, 0.15) is 18.0 Å². The van der Waals surface area contributed by atoms with Gasteiger partial charge in [-0.05, 0) is 29.0 Å². The Bertz CT molecular complexity index is 1110. The van der Waals surface area contributed by atoms with E-state index in [1.165, 1.54) is 4.90 Å². The first-order valence-electron chi connectivity index (χ1n) is 9.07. The van der Waals surface area contributed by atoms with Gasteiger partial charge in [-0.2, -0.15) is 5.10 Å². The van der Waals surface area contributed by atoms with E-state index in [1.54, 1.807) is 31.5 Å². The van der Waals surface area contributed by atoms with Crippen LogP contribution in [-0.4, -0.2) is 38.3 Å². The lowest BCUT2D eigenvalue weighted by Crippen LogP contribution is -2.44. The third-order valence-corrected chi connectivity index (χ3v) is 4.64. The molecule has 0 aromatic heterocycles. The van der Waals surface area contributed by atoms with Crippen molar-refractivity contribution in [3.8, 4) is 11.5 Å². The molecule has 0 saturated carbocycles. The van der Waals surface area contributed by atoms with Crippen molar-refractivity contribution >= 4 is 34.5 Å². The molecule has 0 fully saturated rings. The SMILES string of the molecule is COc1ccc2ccccc2c1/C=N\NC(=O)CN1C(=O)COc2ccccc21. The summed E-state index contributed by atoms with van der Waals surface area (Å²) in [6.07, 6.45) is 1.55. The zero-order chi connectivity index (χ0) is 20.2. The van der Waals surface area contributed by atoms with Gasteiger partial charge in [-0.15, -0.1) is 0 Å². The number of carbonyl (C=O) groups is 2. The molecule has 0 atom stereocenters. The lowest BCUT2D eigenvalue weighted by atomic mass is 10.0. The highest BCUT2D eigenvalue weighted by molar-refractivity contribution is 6.04. The van der Waals surface area contributed by atoms with E-state index in [9.17, 15) is 9.59 Å². The molecule has 1 heterocycles. The van der Waals surface area contributed by atoms with E-state index in [-0.39, 0.29) is 19.1 Å². The normalized spacial score (nSPS) is 13.3. The Labute approximate surface area is 167 Å². The van der Waals surface area contributed by atoms with Crippen molar-refractivity contribution in [2.45, 2.75) is 0 Å². The van der Waals surface area contributed by atoms with Crippen LogP contribution in [0.25, 0.3) is 10.8 Å². The summed E-state index contributed by atoms with van der Waals surface area (Å²) < 4.78 is 10.8. The average molecular weight is 389 g/mol. The molecule has 4 rings (SSSR count). The number of hydrogen-bond acceptors (Lipinski definition) is 5. The number of nitrogens with one attached hydrogen (secondary N) is 1. The number of nitrogens with zero attached hydrogens (tertiary/aromatic N) is 2. The minimum absolute atomic E-state index is 0.0965. The van der Waals surface area contributed by atoms with E-state index in [4.69, 9.17) is 9.47 Å². The number of amides is 2. The van der Waals surface area contributed by atoms with Gasteiger partial charge < -0.3 is 9.47 Å². The molecule has 1 aliphatic heterocycles. The fourth-order valence-corrected chi connectivity index (χ4v) is 3.26. The van der Waals surface area contributed by atoms with Crippen molar-refractivity contribution in [1.29, 1.82) is 0 Å². The summed E-state index contributed by atoms with van der Waals surface area (Å²) in [7, 11) is 1.58. The van der Waals surface area contributed by atoms with Crippen molar-refractivity contribution < 1.29 is 19.1 Å². The molecule has 7 heteroatoms. The van der Waals surface area contributed by atoms with Gasteiger partial charge in [0.2, 0.25) is 0 Å². The Morgan fingerprint density at radius 3 is 2.83 bits per heavy atom. The van der Waals surface area contributed by atoms with Crippen molar-refractivity contribution in [2.24, 2.45) is 5.10 Å². The summed E-state index contributed by atoms with van der Waals surface area (Å²) >= 11 is 0. The quantitative estimate of drug-likeness (QED) is 0.538. The molecule has 0 aliphatic carbocycles. The largest absolute Gasteiger partial charge is 0.496 e. The molecule has 0 radical (unpaired) electrons. The lowest BCUT2D eigenvalue weighted by Gasteiger charge is -2.28.